The molecule has 0 radical (unpaired) electrons. The molecule has 126 valence electrons. The minimum atomic E-state index is 0.332. The number of ether oxygens (including phenoxy) is 1. The van der Waals surface area contributed by atoms with Crippen LogP contribution in [0.3, 0.4) is 0 Å². The van der Waals surface area contributed by atoms with Gasteiger partial charge in [-0.05, 0) is 42.3 Å². The van der Waals surface area contributed by atoms with Crippen molar-refractivity contribution in [1.29, 1.82) is 0 Å². The Hall–Kier alpha value is -3.25. The smallest absolute Gasteiger partial charge is 0.219 e. The zero-order valence-electron chi connectivity index (χ0n) is 13.8. The van der Waals surface area contributed by atoms with Crippen LogP contribution < -0.4 is 10.2 Å². The maximum Gasteiger partial charge on any atom is 0.219 e. The molecule has 2 N–H and O–H groups in total. The molecule has 0 aliphatic heterocycles. The average Bonchev–Trinajstić information content (AvgIpc) is 2.64. The summed E-state index contributed by atoms with van der Waals surface area (Å²) >= 11 is 0. The van der Waals surface area contributed by atoms with Gasteiger partial charge in [-0.1, -0.05) is 18.2 Å². The molecule has 2 aromatic heterocycles. The highest BCUT2D eigenvalue weighted by molar-refractivity contribution is 5.97. The van der Waals surface area contributed by atoms with Crippen LogP contribution in [0, 0.1) is 6.92 Å². The number of benzene rings is 1. The molecule has 2 heterocycles. The summed E-state index contributed by atoms with van der Waals surface area (Å²) in [5.74, 6) is 1.53. The van der Waals surface area contributed by atoms with E-state index in [1.165, 1.54) is 0 Å². The number of hydrogen-bond acceptors (Lipinski definition) is 5. The van der Waals surface area contributed by atoms with E-state index in [4.69, 9.17) is 4.74 Å². The van der Waals surface area contributed by atoms with E-state index in [9.17, 15) is 5.21 Å². The van der Waals surface area contributed by atoms with E-state index in [0.717, 1.165) is 16.9 Å². The lowest BCUT2D eigenvalue weighted by molar-refractivity contribution is 0.234. The lowest BCUT2D eigenvalue weighted by atomic mass is 10.2. The molecular formula is C19H18N4O2. The maximum absolute atomic E-state index is 9.34. The largest absolute Gasteiger partial charge is 0.439 e. The monoisotopic (exact) mass is 334 g/mol. The molecule has 3 aromatic rings. The maximum atomic E-state index is 9.34. The Balaban J connectivity index is 1.71. The Morgan fingerprint density at radius 1 is 1.16 bits per heavy atom. The van der Waals surface area contributed by atoms with Crippen LogP contribution in [0.4, 0.5) is 0 Å². The average molecular weight is 334 g/mol. The quantitative estimate of drug-likeness (QED) is 0.424. The predicted molar refractivity (Wildman–Crippen MR) is 94.9 cm³/mol. The van der Waals surface area contributed by atoms with Crippen LogP contribution >= 0.6 is 0 Å². The second kappa shape index (κ2) is 8.03. The van der Waals surface area contributed by atoms with Crippen molar-refractivity contribution < 1.29 is 9.94 Å². The predicted octanol–water partition coefficient (Wildman–Crippen LogP) is 3.50. The molecule has 0 aliphatic rings. The molecule has 0 unspecified atom stereocenters. The van der Waals surface area contributed by atoms with E-state index < -0.39 is 0 Å². The van der Waals surface area contributed by atoms with Crippen LogP contribution in [-0.4, -0.2) is 21.0 Å². The van der Waals surface area contributed by atoms with Crippen molar-refractivity contribution in [2.24, 2.45) is 4.99 Å². The number of hydrogen-bond donors (Lipinski definition) is 2. The summed E-state index contributed by atoms with van der Waals surface area (Å²) in [5, 5.41) is 9.34. The Labute approximate surface area is 145 Å². The number of aromatic nitrogens is 2. The first-order valence-electron chi connectivity index (χ1n) is 7.79. The van der Waals surface area contributed by atoms with E-state index in [2.05, 4.69) is 20.4 Å². The Bertz CT molecular complexity index is 849. The molecule has 0 atom stereocenters. The van der Waals surface area contributed by atoms with Crippen LogP contribution in [0.5, 0.6) is 11.6 Å². The number of hydroxylamine groups is 1. The van der Waals surface area contributed by atoms with Gasteiger partial charge in [0.05, 0.1) is 6.54 Å². The van der Waals surface area contributed by atoms with Crippen molar-refractivity contribution in [3.05, 3.63) is 83.8 Å². The number of pyridine rings is 2. The SMILES string of the molecule is Cc1cccc(Oc2ccc(C(=NCc3cccnc3)NO)cn2)c1. The van der Waals surface area contributed by atoms with E-state index >= 15 is 0 Å². The lowest BCUT2D eigenvalue weighted by Gasteiger charge is -2.08. The highest BCUT2D eigenvalue weighted by Crippen LogP contribution is 2.20. The van der Waals surface area contributed by atoms with Crippen molar-refractivity contribution in [2.45, 2.75) is 13.5 Å². The summed E-state index contributed by atoms with van der Waals surface area (Å²) in [7, 11) is 0. The van der Waals surface area contributed by atoms with Crippen molar-refractivity contribution >= 4 is 5.84 Å². The first-order valence-corrected chi connectivity index (χ1v) is 7.79. The standard InChI is InChI=1S/C19H18N4O2/c1-14-4-2-6-17(10-14)25-18-8-7-16(13-21-18)19(23-24)22-12-15-5-3-9-20-11-15/h2-11,13,24H,12H2,1H3,(H,22,23). The third-order valence-electron chi connectivity index (χ3n) is 3.47. The number of nitrogens with zero attached hydrogens (tertiary/aromatic N) is 3. The van der Waals surface area contributed by atoms with Crippen LogP contribution in [0.15, 0.2) is 72.1 Å². The van der Waals surface area contributed by atoms with E-state index in [0.29, 0.717) is 23.8 Å². The molecule has 0 bridgehead atoms. The number of nitrogens with one attached hydrogen (secondary N) is 1. The number of amidine groups is 1. The van der Waals surface area contributed by atoms with E-state index in [-0.39, 0.29) is 0 Å². The first-order chi connectivity index (χ1) is 12.2. The second-order valence-corrected chi connectivity index (χ2v) is 5.44. The fraction of sp³-hybridized carbons (Fsp3) is 0.105. The lowest BCUT2D eigenvalue weighted by Crippen LogP contribution is -2.20. The van der Waals surface area contributed by atoms with Crippen molar-refractivity contribution in [3.63, 3.8) is 0 Å². The Morgan fingerprint density at radius 2 is 2.08 bits per heavy atom. The molecule has 6 heteroatoms. The molecule has 1 aromatic carbocycles. The molecule has 0 saturated heterocycles. The summed E-state index contributed by atoms with van der Waals surface area (Å²) in [4.78, 5) is 12.6. The van der Waals surface area contributed by atoms with Crippen molar-refractivity contribution in [2.75, 3.05) is 0 Å². The summed E-state index contributed by atoms with van der Waals surface area (Å²) in [6, 6.07) is 15.0. The summed E-state index contributed by atoms with van der Waals surface area (Å²) in [6.45, 7) is 2.40. The molecule has 3 rings (SSSR count). The molecule has 6 nitrogen and oxygen atoms in total. The number of aryl methyl sites for hydroxylation is 1. The fourth-order valence-electron chi connectivity index (χ4n) is 2.23. The van der Waals surface area contributed by atoms with Gasteiger partial charge in [-0.15, -0.1) is 0 Å². The zero-order valence-corrected chi connectivity index (χ0v) is 13.8. The highest BCUT2D eigenvalue weighted by atomic mass is 16.5. The fourth-order valence-corrected chi connectivity index (χ4v) is 2.23. The van der Waals surface area contributed by atoms with Gasteiger partial charge < -0.3 is 4.74 Å². The molecule has 0 saturated carbocycles. The normalized spacial score (nSPS) is 11.2. The Morgan fingerprint density at radius 3 is 2.76 bits per heavy atom. The van der Waals surface area contributed by atoms with Crippen molar-refractivity contribution in [3.8, 4) is 11.6 Å². The van der Waals surface area contributed by atoms with Gasteiger partial charge in [0.25, 0.3) is 0 Å². The van der Waals surface area contributed by atoms with Crippen LogP contribution in [0.1, 0.15) is 16.7 Å². The molecule has 25 heavy (non-hydrogen) atoms. The van der Waals surface area contributed by atoms with Gasteiger partial charge in [0.2, 0.25) is 5.88 Å². The Kier molecular flexibility index (Phi) is 5.33. The van der Waals surface area contributed by atoms with E-state index in [1.54, 1.807) is 30.7 Å². The van der Waals surface area contributed by atoms with Crippen LogP contribution in [0.25, 0.3) is 0 Å². The summed E-state index contributed by atoms with van der Waals surface area (Å²) in [5.41, 5.74) is 4.83. The van der Waals surface area contributed by atoms with Gasteiger partial charge in [-0.2, -0.15) is 0 Å². The topological polar surface area (TPSA) is 79.6 Å². The van der Waals surface area contributed by atoms with Crippen LogP contribution in [-0.2, 0) is 6.54 Å². The first kappa shape index (κ1) is 16.6. The van der Waals surface area contributed by atoms with Crippen molar-refractivity contribution in [1.82, 2.24) is 15.4 Å². The van der Waals surface area contributed by atoms with Gasteiger partial charge in [0, 0.05) is 30.2 Å². The van der Waals surface area contributed by atoms with Gasteiger partial charge in [0.15, 0.2) is 5.84 Å². The molecule has 0 amide bonds. The molecule has 0 fully saturated rings. The minimum absolute atomic E-state index is 0.332. The third-order valence-corrected chi connectivity index (χ3v) is 3.47. The van der Waals surface area contributed by atoms with Gasteiger partial charge in [-0.3, -0.25) is 20.7 Å². The minimum Gasteiger partial charge on any atom is -0.439 e. The third kappa shape index (κ3) is 4.62. The molecule has 0 aliphatic carbocycles. The number of aliphatic imine (C=N–C) groups is 1. The van der Waals surface area contributed by atoms with Gasteiger partial charge in [-0.25, -0.2) is 4.98 Å². The highest BCUT2D eigenvalue weighted by Gasteiger charge is 2.05. The van der Waals surface area contributed by atoms with E-state index in [1.807, 2.05) is 43.3 Å². The molecular weight excluding hydrogens is 316 g/mol. The summed E-state index contributed by atoms with van der Waals surface area (Å²) < 4.78 is 5.71. The second-order valence-electron chi connectivity index (χ2n) is 5.44. The van der Waals surface area contributed by atoms with Gasteiger partial charge in [0.1, 0.15) is 5.75 Å². The summed E-state index contributed by atoms with van der Waals surface area (Å²) in [6.07, 6.45) is 5.03. The zero-order chi connectivity index (χ0) is 17.5. The van der Waals surface area contributed by atoms with Gasteiger partial charge >= 0.3 is 0 Å². The molecule has 0 spiro atoms. The van der Waals surface area contributed by atoms with Crippen LogP contribution in [0.2, 0.25) is 0 Å². The number of rotatable bonds is 5.